The van der Waals surface area contributed by atoms with E-state index in [1.165, 1.54) is 11.3 Å². The number of hydrogen-bond donors (Lipinski definition) is 1. The van der Waals surface area contributed by atoms with Crippen molar-refractivity contribution in [3.63, 3.8) is 0 Å². The lowest BCUT2D eigenvalue weighted by molar-refractivity contribution is -0.122. The standard InChI is InChI=1S/C13H12N4O2S/c18-11-6-9(12(19)15-13-16-14-8-20-13)7-17(11)10-4-2-1-3-5-10/h1-5,8-9H,6-7H2,(H,15,16,19)/t9-/m0/s1. The second-order valence-electron chi connectivity index (χ2n) is 4.47. The summed E-state index contributed by atoms with van der Waals surface area (Å²) < 4.78 is 0. The normalized spacial score (nSPS) is 18.3. The monoisotopic (exact) mass is 288 g/mol. The number of amides is 2. The SMILES string of the molecule is O=C(Nc1nncs1)[C@H]1CC(=O)N(c2ccccc2)C1. The molecule has 0 unspecified atom stereocenters. The number of benzene rings is 1. The van der Waals surface area contributed by atoms with Gasteiger partial charge in [-0.2, -0.15) is 0 Å². The second kappa shape index (κ2) is 5.38. The second-order valence-corrected chi connectivity index (χ2v) is 5.31. The van der Waals surface area contributed by atoms with E-state index in [1.807, 2.05) is 30.3 Å². The van der Waals surface area contributed by atoms with Gasteiger partial charge in [0.2, 0.25) is 16.9 Å². The molecule has 0 spiro atoms. The van der Waals surface area contributed by atoms with Gasteiger partial charge in [-0.3, -0.25) is 9.59 Å². The first-order valence-electron chi connectivity index (χ1n) is 6.16. The number of anilines is 2. The van der Waals surface area contributed by atoms with Gasteiger partial charge in [-0.05, 0) is 12.1 Å². The zero-order chi connectivity index (χ0) is 13.9. The van der Waals surface area contributed by atoms with Gasteiger partial charge in [0.05, 0.1) is 5.92 Å². The number of nitrogens with zero attached hydrogens (tertiary/aromatic N) is 3. The van der Waals surface area contributed by atoms with Gasteiger partial charge in [0.15, 0.2) is 0 Å². The van der Waals surface area contributed by atoms with Crippen LogP contribution in [0.25, 0.3) is 0 Å². The van der Waals surface area contributed by atoms with E-state index in [9.17, 15) is 9.59 Å². The van der Waals surface area contributed by atoms with Crippen molar-refractivity contribution in [3.05, 3.63) is 35.8 Å². The maximum Gasteiger partial charge on any atom is 0.231 e. The molecule has 2 heterocycles. The molecule has 3 rings (SSSR count). The largest absolute Gasteiger partial charge is 0.312 e. The summed E-state index contributed by atoms with van der Waals surface area (Å²) in [6.07, 6.45) is 0.222. The molecule has 7 heteroatoms. The van der Waals surface area contributed by atoms with E-state index in [4.69, 9.17) is 0 Å². The van der Waals surface area contributed by atoms with Crippen molar-refractivity contribution in [2.75, 3.05) is 16.8 Å². The highest BCUT2D eigenvalue weighted by atomic mass is 32.1. The summed E-state index contributed by atoms with van der Waals surface area (Å²) in [5.41, 5.74) is 2.37. The Bertz CT molecular complexity index is 615. The van der Waals surface area contributed by atoms with Crippen molar-refractivity contribution in [1.82, 2.24) is 10.2 Å². The van der Waals surface area contributed by atoms with E-state index in [1.54, 1.807) is 10.4 Å². The Morgan fingerprint density at radius 2 is 2.15 bits per heavy atom. The summed E-state index contributed by atoms with van der Waals surface area (Å²) >= 11 is 1.26. The van der Waals surface area contributed by atoms with Crippen LogP contribution >= 0.6 is 11.3 Å². The summed E-state index contributed by atoms with van der Waals surface area (Å²) in [5, 5.41) is 10.6. The van der Waals surface area contributed by atoms with Crippen LogP contribution in [0, 0.1) is 5.92 Å². The molecule has 1 N–H and O–H groups in total. The first-order chi connectivity index (χ1) is 9.74. The number of hydrogen-bond acceptors (Lipinski definition) is 5. The number of carbonyl (C=O) groups excluding carboxylic acids is 2. The van der Waals surface area contributed by atoms with Crippen LogP contribution in [0.15, 0.2) is 35.8 Å². The fraction of sp³-hybridized carbons (Fsp3) is 0.231. The van der Waals surface area contributed by atoms with Gasteiger partial charge in [0, 0.05) is 18.7 Å². The van der Waals surface area contributed by atoms with Crippen LogP contribution < -0.4 is 10.2 Å². The molecule has 6 nitrogen and oxygen atoms in total. The van der Waals surface area contributed by atoms with Crippen molar-refractivity contribution in [1.29, 1.82) is 0 Å². The fourth-order valence-corrected chi connectivity index (χ4v) is 2.62. The number of aromatic nitrogens is 2. The van der Waals surface area contributed by atoms with Gasteiger partial charge in [-0.25, -0.2) is 0 Å². The summed E-state index contributed by atoms with van der Waals surface area (Å²) in [6, 6.07) is 9.37. The minimum Gasteiger partial charge on any atom is -0.312 e. The van der Waals surface area contributed by atoms with Crippen LogP contribution in [0.5, 0.6) is 0 Å². The van der Waals surface area contributed by atoms with Gasteiger partial charge in [0.25, 0.3) is 0 Å². The molecule has 2 amide bonds. The third kappa shape index (κ3) is 2.53. The molecule has 1 fully saturated rings. The highest BCUT2D eigenvalue weighted by Gasteiger charge is 2.35. The van der Waals surface area contributed by atoms with Gasteiger partial charge >= 0.3 is 0 Å². The lowest BCUT2D eigenvalue weighted by atomic mass is 10.1. The quantitative estimate of drug-likeness (QED) is 0.929. The first kappa shape index (κ1) is 12.7. The van der Waals surface area contributed by atoms with E-state index in [0.29, 0.717) is 11.7 Å². The minimum absolute atomic E-state index is 0.0337. The molecular formula is C13H12N4O2S. The van der Waals surface area contributed by atoms with Crippen LogP contribution in [-0.2, 0) is 9.59 Å². The fourth-order valence-electron chi connectivity index (χ4n) is 2.18. The van der Waals surface area contributed by atoms with E-state index >= 15 is 0 Å². The number of rotatable bonds is 3. The highest BCUT2D eigenvalue weighted by molar-refractivity contribution is 7.13. The van der Waals surface area contributed by atoms with Crippen molar-refractivity contribution < 1.29 is 9.59 Å². The molecular weight excluding hydrogens is 276 g/mol. The van der Waals surface area contributed by atoms with Crippen LogP contribution in [0.4, 0.5) is 10.8 Å². The molecule has 2 aromatic rings. The Kier molecular flexibility index (Phi) is 3.42. The highest BCUT2D eigenvalue weighted by Crippen LogP contribution is 2.25. The van der Waals surface area contributed by atoms with E-state index < -0.39 is 0 Å². The van der Waals surface area contributed by atoms with E-state index in [-0.39, 0.29) is 24.2 Å². The average molecular weight is 288 g/mol. The maximum atomic E-state index is 12.1. The lowest BCUT2D eigenvalue weighted by Crippen LogP contribution is -2.28. The Balaban J connectivity index is 1.69. The number of para-hydroxylation sites is 1. The summed E-state index contributed by atoms with van der Waals surface area (Å²) in [4.78, 5) is 25.7. The van der Waals surface area contributed by atoms with E-state index in [0.717, 1.165) is 5.69 Å². The molecule has 20 heavy (non-hydrogen) atoms. The molecule has 1 aliphatic rings. The Hall–Kier alpha value is -2.28. The Morgan fingerprint density at radius 1 is 1.35 bits per heavy atom. The molecule has 0 aliphatic carbocycles. The summed E-state index contributed by atoms with van der Waals surface area (Å²) in [6.45, 7) is 0.396. The zero-order valence-electron chi connectivity index (χ0n) is 10.5. The molecule has 1 saturated heterocycles. The van der Waals surface area contributed by atoms with Crippen molar-refractivity contribution in [2.45, 2.75) is 6.42 Å². The van der Waals surface area contributed by atoms with E-state index in [2.05, 4.69) is 15.5 Å². The van der Waals surface area contributed by atoms with Crippen LogP contribution in [0.2, 0.25) is 0 Å². The predicted octanol–water partition coefficient (Wildman–Crippen LogP) is 1.53. The Labute approximate surface area is 119 Å². The van der Waals surface area contributed by atoms with Crippen LogP contribution in [0.1, 0.15) is 6.42 Å². The number of nitrogens with one attached hydrogen (secondary N) is 1. The van der Waals surface area contributed by atoms with Crippen LogP contribution in [-0.4, -0.2) is 28.6 Å². The molecule has 102 valence electrons. The van der Waals surface area contributed by atoms with Crippen molar-refractivity contribution in [3.8, 4) is 0 Å². The van der Waals surface area contributed by atoms with Crippen molar-refractivity contribution >= 4 is 34.0 Å². The molecule has 1 aromatic heterocycles. The zero-order valence-corrected chi connectivity index (χ0v) is 11.3. The van der Waals surface area contributed by atoms with Crippen molar-refractivity contribution in [2.24, 2.45) is 5.92 Å². The maximum absolute atomic E-state index is 12.1. The molecule has 0 saturated carbocycles. The van der Waals surface area contributed by atoms with Gasteiger partial charge in [0.1, 0.15) is 5.51 Å². The molecule has 0 radical (unpaired) electrons. The minimum atomic E-state index is -0.355. The molecule has 1 atom stereocenters. The third-order valence-electron chi connectivity index (χ3n) is 3.15. The average Bonchev–Trinajstić information content (AvgIpc) is 3.09. The van der Waals surface area contributed by atoms with Gasteiger partial charge < -0.3 is 10.2 Å². The first-order valence-corrected chi connectivity index (χ1v) is 7.04. The predicted molar refractivity (Wildman–Crippen MR) is 75.4 cm³/mol. The third-order valence-corrected chi connectivity index (χ3v) is 3.76. The molecule has 0 bridgehead atoms. The van der Waals surface area contributed by atoms with Gasteiger partial charge in [-0.1, -0.05) is 29.5 Å². The molecule has 1 aliphatic heterocycles. The number of carbonyl (C=O) groups is 2. The molecule has 1 aromatic carbocycles. The smallest absolute Gasteiger partial charge is 0.231 e. The summed E-state index contributed by atoms with van der Waals surface area (Å²) in [5.74, 6) is -0.575. The lowest BCUT2D eigenvalue weighted by Gasteiger charge is -2.16. The topological polar surface area (TPSA) is 75.2 Å². The summed E-state index contributed by atoms with van der Waals surface area (Å²) in [7, 11) is 0. The van der Waals surface area contributed by atoms with Crippen LogP contribution in [0.3, 0.4) is 0 Å². The van der Waals surface area contributed by atoms with Gasteiger partial charge in [-0.15, -0.1) is 10.2 Å². The Morgan fingerprint density at radius 3 is 2.85 bits per heavy atom.